The summed E-state index contributed by atoms with van der Waals surface area (Å²) in [5.41, 5.74) is 0.674. The van der Waals surface area contributed by atoms with E-state index in [-0.39, 0.29) is 22.2 Å². The van der Waals surface area contributed by atoms with Crippen LogP contribution in [-0.2, 0) is 0 Å². The highest BCUT2D eigenvalue weighted by molar-refractivity contribution is 6.32. The third kappa shape index (κ3) is 3.61. The molecular weight excluding hydrogens is 348 g/mol. The summed E-state index contributed by atoms with van der Waals surface area (Å²) in [5, 5.41) is 22.8. The number of nitro benzene ring substituents is 1. The van der Waals surface area contributed by atoms with Crippen LogP contribution in [0.15, 0.2) is 59.0 Å². The summed E-state index contributed by atoms with van der Waals surface area (Å²) in [6.07, 6.45) is 0. The largest absolute Gasteiger partial charge is 0.508 e. The number of nitro groups is 1. The third-order valence-corrected chi connectivity index (χ3v) is 3.70. The number of halogens is 1. The van der Waals surface area contributed by atoms with Crippen molar-refractivity contribution in [3.8, 4) is 17.1 Å². The molecule has 1 amide bonds. The number of phenols is 1. The highest BCUT2D eigenvalue weighted by Crippen LogP contribution is 2.31. The highest BCUT2D eigenvalue weighted by Gasteiger charge is 2.17. The topological polar surface area (TPSA) is 106 Å². The summed E-state index contributed by atoms with van der Waals surface area (Å²) in [4.78, 5) is 22.5. The summed E-state index contributed by atoms with van der Waals surface area (Å²) in [6, 6.07) is 13.2. The first kappa shape index (κ1) is 16.5. The van der Waals surface area contributed by atoms with Gasteiger partial charge in [0.2, 0.25) is 0 Å². The van der Waals surface area contributed by atoms with Crippen molar-refractivity contribution in [1.82, 2.24) is 0 Å². The van der Waals surface area contributed by atoms with E-state index < -0.39 is 10.8 Å². The molecule has 25 heavy (non-hydrogen) atoms. The summed E-state index contributed by atoms with van der Waals surface area (Å²) in [6.45, 7) is 0. The van der Waals surface area contributed by atoms with Gasteiger partial charge >= 0.3 is 0 Å². The van der Waals surface area contributed by atoms with E-state index in [2.05, 4.69) is 5.32 Å². The van der Waals surface area contributed by atoms with Gasteiger partial charge in [0, 0.05) is 17.3 Å². The number of hydrogen-bond donors (Lipinski definition) is 2. The molecule has 0 atom stereocenters. The standard InChI is InChI=1S/C17H11ClN2O5/c18-13-6-1-10(9-14(13)20(23)24)15-7-8-16(25-15)17(22)19-11-2-4-12(21)5-3-11/h1-9,21H,(H,19,22). The van der Waals surface area contributed by atoms with Crippen molar-refractivity contribution in [3.05, 3.63) is 75.5 Å². The molecule has 0 aliphatic carbocycles. The lowest BCUT2D eigenvalue weighted by atomic mass is 10.1. The number of nitrogens with one attached hydrogen (secondary N) is 1. The SMILES string of the molecule is O=C(Nc1ccc(O)cc1)c1ccc(-c2ccc(Cl)c([N+](=O)[O-])c2)o1. The Bertz CT molecular complexity index is 950. The van der Waals surface area contributed by atoms with Gasteiger partial charge in [-0.05, 0) is 48.5 Å². The van der Waals surface area contributed by atoms with Crippen LogP contribution in [0.1, 0.15) is 10.6 Å². The average Bonchev–Trinajstić information content (AvgIpc) is 3.07. The van der Waals surface area contributed by atoms with E-state index >= 15 is 0 Å². The maximum atomic E-state index is 12.2. The molecule has 0 saturated heterocycles. The Kier molecular flexibility index (Phi) is 4.40. The summed E-state index contributed by atoms with van der Waals surface area (Å²) in [7, 11) is 0. The van der Waals surface area contributed by atoms with Crippen LogP contribution in [0.5, 0.6) is 5.75 Å². The first-order valence-corrected chi connectivity index (χ1v) is 7.46. The van der Waals surface area contributed by atoms with Crippen molar-refractivity contribution >= 4 is 28.9 Å². The van der Waals surface area contributed by atoms with E-state index in [4.69, 9.17) is 16.0 Å². The Morgan fingerprint density at radius 1 is 1.12 bits per heavy atom. The molecule has 0 aliphatic rings. The van der Waals surface area contributed by atoms with Gasteiger partial charge < -0.3 is 14.8 Å². The molecular formula is C17H11ClN2O5. The molecule has 126 valence electrons. The predicted octanol–water partition coefficient (Wildman–Crippen LogP) is 4.47. The number of hydrogen-bond acceptors (Lipinski definition) is 5. The lowest BCUT2D eigenvalue weighted by Gasteiger charge is -2.03. The molecule has 3 aromatic rings. The van der Waals surface area contributed by atoms with Gasteiger partial charge in [0.05, 0.1) is 4.92 Å². The first-order valence-electron chi connectivity index (χ1n) is 7.08. The van der Waals surface area contributed by atoms with Crippen LogP contribution in [0, 0.1) is 10.1 Å². The molecule has 0 aliphatic heterocycles. The molecule has 0 bridgehead atoms. The number of carbonyl (C=O) groups excluding carboxylic acids is 1. The van der Waals surface area contributed by atoms with Crippen molar-refractivity contribution < 1.29 is 19.2 Å². The molecule has 3 rings (SSSR count). The van der Waals surface area contributed by atoms with E-state index in [1.807, 2.05) is 0 Å². The molecule has 1 heterocycles. The maximum Gasteiger partial charge on any atom is 0.291 e. The first-order chi connectivity index (χ1) is 11.9. The molecule has 0 saturated carbocycles. The predicted molar refractivity (Wildman–Crippen MR) is 91.9 cm³/mol. The average molecular weight is 359 g/mol. The fourth-order valence-corrected chi connectivity index (χ4v) is 2.34. The molecule has 2 aromatic carbocycles. The van der Waals surface area contributed by atoms with E-state index in [0.29, 0.717) is 17.0 Å². The number of carbonyl (C=O) groups is 1. The number of aromatic hydroxyl groups is 1. The van der Waals surface area contributed by atoms with Crippen LogP contribution >= 0.6 is 11.6 Å². The van der Waals surface area contributed by atoms with Crippen LogP contribution < -0.4 is 5.32 Å². The normalized spacial score (nSPS) is 10.4. The smallest absolute Gasteiger partial charge is 0.291 e. The van der Waals surface area contributed by atoms with Gasteiger partial charge in [-0.15, -0.1) is 0 Å². The van der Waals surface area contributed by atoms with Crippen molar-refractivity contribution in [2.45, 2.75) is 0 Å². The highest BCUT2D eigenvalue weighted by atomic mass is 35.5. The second-order valence-electron chi connectivity index (χ2n) is 5.09. The maximum absolute atomic E-state index is 12.2. The lowest BCUT2D eigenvalue weighted by molar-refractivity contribution is -0.384. The molecule has 7 nitrogen and oxygen atoms in total. The number of benzene rings is 2. The van der Waals surface area contributed by atoms with Gasteiger partial charge in [-0.1, -0.05) is 11.6 Å². The van der Waals surface area contributed by atoms with Crippen molar-refractivity contribution in [2.24, 2.45) is 0 Å². The summed E-state index contributed by atoms with van der Waals surface area (Å²) in [5.74, 6) is -0.0562. The molecule has 0 fully saturated rings. The Labute approximate surface area is 146 Å². The summed E-state index contributed by atoms with van der Waals surface area (Å²) >= 11 is 5.78. The van der Waals surface area contributed by atoms with E-state index in [1.54, 1.807) is 24.3 Å². The second-order valence-corrected chi connectivity index (χ2v) is 5.50. The second kappa shape index (κ2) is 6.66. The number of rotatable bonds is 4. The van der Waals surface area contributed by atoms with Crippen LogP contribution in [0.25, 0.3) is 11.3 Å². The van der Waals surface area contributed by atoms with Gasteiger partial charge in [0.25, 0.3) is 11.6 Å². The van der Waals surface area contributed by atoms with Crippen LogP contribution in [0.4, 0.5) is 11.4 Å². The van der Waals surface area contributed by atoms with E-state index in [1.165, 1.54) is 30.3 Å². The summed E-state index contributed by atoms with van der Waals surface area (Å²) < 4.78 is 5.47. The Morgan fingerprint density at radius 3 is 2.52 bits per heavy atom. The number of furan rings is 1. The zero-order chi connectivity index (χ0) is 18.0. The molecule has 0 unspecified atom stereocenters. The minimum atomic E-state index is -0.590. The van der Waals surface area contributed by atoms with Crippen LogP contribution in [-0.4, -0.2) is 15.9 Å². The zero-order valence-corrected chi connectivity index (χ0v) is 13.4. The monoisotopic (exact) mass is 358 g/mol. The van der Waals surface area contributed by atoms with Crippen molar-refractivity contribution in [3.63, 3.8) is 0 Å². The van der Waals surface area contributed by atoms with Gasteiger partial charge in [-0.2, -0.15) is 0 Å². The van der Waals surface area contributed by atoms with E-state index in [0.717, 1.165) is 0 Å². The number of nitrogens with zero attached hydrogens (tertiary/aromatic N) is 1. The molecule has 0 spiro atoms. The van der Waals surface area contributed by atoms with E-state index in [9.17, 15) is 20.0 Å². The Morgan fingerprint density at radius 2 is 1.84 bits per heavy atom. The number of amides is 1. The van der Waals surface area contributed by atoms with Gasteiger partial charge in [-0.3, -0.25) is 14.9 Å². The quantitative estimate of drug-likeness (QED) is 0.406. The fraction of sp³-hybridized carbons (Fsp3) is 0. The zero-order valence-electron chi connectivity index (χ0n) is 12.6. The molecule has 2 N–H and O–H groups in total. The molecule has 1 aromatic heterocycles. The fourth-order valence-electron chi connectivity index (χ4n) is 2.16. The van der Waals surface area contributed by atoms with Crippen molar-refractivity contribution in [1.29, 1.82) is 0 Å². The van der Waals surface area contributed by atoms with Gasteiger partial charge in [0.15, 0.2) is 5.76 Å². The minimum Gasteiger partial charge on any atom is -0.508 e. The van der Waals surface area contributed by atoms with Gasteiger partial charge in [0.1, 0.15) is 16.5 Å². The Balaban J connectivity index is 1.82. The van der Waals surface area contributed by atoms with Crippen LogP contribution in [0.2, 0.25) is 5.02 Å². The van der Waals surface area contributed by atoms with Gasteiger partial charge in [-0.25, -0.2) is 0 Å². The van der Waals surface area contributed by atoms with Crippen LogP contribution in [0.3, 0.4) is 0 Å². The minimum absolute atomic E-state index is 0.0191. The number of phenolic OH excluding ortho intramolecular Hbond substituents is 1. The van der Waals surface area contributed by atoms with Crippen molar-refractivity contribution in [2.75, 3.05) is 5.32 Å². The third-order valence-electron chi connectivity index (χ3n) is 3.38. The molecule has 0 radical (unpaired) electrons. The number of anilines is 1. The lowest BCUT2D eigenvalue weighted by Crippen LogP contribution is -2.10. The molecule has 8 heteroatoms. The Hall–Kier alpha value is -3.32.